The van der Waals surface area contributed by atoms with Crippen LogP contribution in [-0.2, 0) is 30.9 Å². The van der Waals surface area contributed by atoms with E-state index in [-0.39, 0.29) is 61.7 Å². The average molecular weight is 695 g/mol. The quantitative estimate of drug-likeness (QED) is 0.0614. The van der Waals surface area contributed by atoms with Crippen LogP contribution in [0.2, 0.25) is 0 Å². The third kappa shape index (κ3) is 8.52. The number of furan rings is 1. The van der Waals surface area contributed by atoms with Crippen molar-refractivity contribution in [3.63, 3.8) is 0 Å². The molecule has 3 aromatic carbocycles. The number of carbonyl (C=O) groups is 3. The van der Waals surface area contributed by atoms with Gasteiger partial charge in [0, 0.05) is 35.7 Å². The fraction of sp³-hybridized carbons (Fsp3) is 0.286. The van der Waals surface area contributed by atoms with Crippen LogP contribution in [0.3, 0.4) is 0 Å². The molecule has 14 heteroatoms. The largest absolute Gasteiger partial charge is 0.502 e. The van der Waals surface area contributed by atoms with Gasteiger partial charge in [-0.25, -0.2) is 17.6 Å². The van der Waals surface area contributed by atoms with Crippen molar-refractivity contribution in [2.45, 2.75) is 25.4 Å². The number of fused-ring (bicyclic) bond motifs is 1. The van der Waals surface area contributed by atoms with Crippen molar-refractivity contribution in [2.75, 3.05) is 44.0 Å². The molecule has 258 valence electrons. The maximum absolute atomic E-state index is 13.7. The summed E-state index contributed by atoms with van der Waals surface area (Å²) in [5, 5.41) is 21.1. The molecule has 4 aromatic rings. The van der Waals surface area contributed by atoms with Gasteiger partial charge in [-0.1, -0.05) is 24.3 Å². The summed E-state index contributed by atoms with van der Waals surface area (Å²) >= 11 is 0. The number of allylic oxidation sites excluding steroid dienone is 1. The van der Waals surface area contributed by atoms with Gasteiger partial charge in [0.2, 0.25) is 15.8 Å². The summed E-state index contributed by atoms with van der Waals surface area (Å²) in [6, 6.07) is 15.3. The van der Waals surface area contributed by atoms with Crippen LogP contribution < -0.4 is 9.62 Å². The van der Waals surface area contributed by atoms with Crippen LogP contribution in [0, 0.1) is 5.82 Å². The molecule has 1 aliphatic carbocycles. The lowest BCUT2D eigenvalue weighted by atomic mass is 10.0. The number of ether oxygens (including phenoxy) is 2. The van der Waals surface area contributed by atoms with Crippen LogP contribution >= 0.6 is 0 Å². The molecule has 12 nitrogen and oxygen atoms in total. The molecular formula is C35H35FN2O10S. The van der Waals surface area contributed by atoms with Gasteiger partial charge in [0.25, 0.3) is 5.91 Å². The smallest absolute Gasteiger partial charge is 0.371 e. The molecule has 0 saturated heterocycles. The van der Waals surface area contributed by atoms with Crippen molar-refractivity contribution in [3.05, 3.63) is 101 Å². The lowest BCUT2D eigenvalue weighted by Crippen LogP contribution is -2.34. The number of nitrogens with one attached hydrogen (secondary N) is 1. The number of aliphatic hydroxyl groups excluding tert-OH is 1. The monoisotopic (exact) mass is 694 g/mol. The van der Waals surface area contributed by atoms with Crippen molar-refractivity contribution in [2.24, 2.45) is 0 Å². The third-order valence-electron chi connectivity index (χ3n) is 7.89. The SMILES string of the molecule is CNC(=O)c1c(-c2ccc(F)cc2)oc2cc(N(CCOCCOCc3ccc(C(=O)C=C(O)C(=O)O)cc3)S(C)(=O)=O)c(C3CC3)cc12. The van der Waals surface area contributed by atoms with Crippen LogP contribution in [0.1, 0.15) is 50.6 Å². The van der Waals surface area contributed by atoms with E-state index < -0.39 is 33.4 Å². The van der Waals surface area contributed by atoms with Gasteiger partial charge in [-0.2, -0.15) is 0 Å². The Morgan fingerprint density at radius 1 is 1.00 bits per heavy atom. The molecule has 1 aromatic heterocycles. The number of aliphatic carboxylic acids is 1. The van der Waals surface area contributed by atoms with Gasteiger partial charge in [0.1, 0.15) is 17.2 Å². The predicted molar refractivity (Wildman–Crippen MR) is 179 cm³/mol. The molecule has 1 aliphatic rings. The Morgan fingerprint density at radius 2 is 1.67 bits per heavy atom. The molecule has 5 rings (SSSR count). The number of benzene rings is 3. The second-order valence-corrected chi connectivity index (χ2v) is 13.4. The number of carboxylic acid groups (broad SMARTS) is 1. The van der Waals surface area contributed by atoms with E-state index in [0.29, 0.717) is 28.3 Å². The second kappa shape index (κ2) is 15.0. The molecule has 49 heavy (non-hydrogen) atoms. The Labute approximate surface area is 281 Å². The number of carboxylic acids is 1. The lowest BCUT2D eigenvalue weighted by molar-refractivity contribution is -0.135. The van der Waals surface area contributed by atoms with Crippen LogP contribution in [0.25, 0.3) is 22.3 Å². The zero-order valence-electron chi connectivity index (χ0n) is 26.8. The van der Waals surface area contributed by atoms with Gasteiger partial charge in [-0.05, 0) is 60.2 Å². The van der Waals surface area contributed by atoms with Gasteiger partial charge in [0.05, 0.1) is 50.5 Å². The van der Waals surface area contributed by atoms with Crippen molar-refractivity contribution in [1.29, 1.82) is 0 Å². The number of rotatable bonds is 16. The van der Waals surface area contributed by atoms with Crippen molar-refractivity contribution in [1.82, 2.24) is 5.32 Å². The minimum Gasteiger partial charge on any atom is -0.502 e. The van der Waals surface area contributed by atoms with Gasteiger partial charge in [-0.3, -0.25) is 13.9 Å². The number of hydrogen-bond donors (Lipinski definition) is 3. The van der Waals surface area contributed by atoms with Gasteiger partial charge < -0.3 is 29.4 Å². The summed E-state index contributed by atoms with van der Waals surface area (Å²) in [7, 11) is -2.26. The normalized spacial score (nSPS) is 13.4. The number of hydrogen-bond acceptors (Lipinski definition) is 9. The van der Waals surface area contributed by atoms with Crippen LogP contribution in [0.15, 0.2) is 76.9 Å². The van der Waals surface area contributed by atoms with Crippen LogP contribution in [0.5, 0.6) is 0 Å². The molecule has 1 heterocycles. The predicted octanol–water partition coefficient (Wildman–Crippen LogP) is 5.18. The average Bonchev–Trinajstić information content (AvgIpc) is 3.85. The number of sulfonamides is 1. The zero-order valence-corrected chi connectivity index (χ0v) is 27.6. The molecule has 0 atom stereocenters. The van der Waals surface area contributed by atoms with Gasteiger partial charge >= 0.3 is 5.97 Å². The van der Waals surface area contributed by atoms with Crippen molar-refractivity contribution in [3.8, 4) is 11.3 Å². The summed E-state index contributed by atoms with van der Waals surface area (Å²) in [6.45, 7) is 0.661. The molecule has 0 bridgehead atoms. The molecule has 1 saturated carbocycles. The fourth-order valence-corrected chi connectivity index (χ4v) is 6.22. The fourth-order valence-electron chi connectivity index (χ4n) is 5.30. The highest BCUT2D eigenvalue weighted by atomic mass is 32.2. The standard InChI is InChI=1S/C35H35FN2O10S/c1-37-34(41)32-27-17-26(22-7-8-22)28(18-31(27)48-33(32)24-9-11-25(36)12-10-24)38(49(2,44)45)13-14-46-15-16-47-20-21-3-5-23(6-4-21)29(39)19-30(40)35(42)43/h3-6,9-12,17-19,22,40H,7-8,13-16,20H2,1-2H3,(H,37,41)(H,42,43). The molecule has 0 aliphatic heterocycles. The zero-order chi connectivity index (χ0) is 35.3. The Morgan fingerprint density at radius 3 is 2.29 bits per heavy atom. The van der Waals surface area contributed by atoms with Gasteiger partial charge in [-0.15, -0.1) is 0 Å². The van der Waals surface area contributed by atoms with E-state index in [2.05, 4.69) is 5.32 Å². The molecule has 1 fully saturated rings. The van der Waals surface area contributed by atoms with Crippen LogP contribution in [-0.4, -0.2) is 76.0 Å². The molecule has 1 amide bonds. The number of aliphatic hydroxyl groups is 1. The number of nitrogens with zero attached hydrogens (tertiary/aromatic N) is 1. The first-order valence-corrected chi connectivity index (χ1v) is 17.2. The second-order valence-electron chi connectivity index (χ2n) is 11.5. The molecule has 3 N–H and O–H groups in total. The minimum absolute atomic E-state index is 0.0132. The molecule has 0 unspecified atom stereocenters. The number of carbonyl (C=O) groups excluding carboxylic acids is 2. The molecule has 0 radical (unpaired) electrons. The van der Waals surface area contributed by atoms with E-state index in [1.54, 1.807) is 18.2 Å². The Bertz CT molecular complexity index is 2000. The molecular weight excluding hydrogens is 659 g/mol. The summed E-state index contributed by atoms with van der Waals surface area (Å²) in [5.41, 5.74) is 3.26. The van der Waals surface area contributed by atoms with Crippen LogP contribution in [0.4, 0.5) is 10.1 Å². The third-order valence-corrected chi connectivity index (χ3v) is 9.07. The highest BCUT2D eigenvalue weighted by molar-refractivity contribution is 7.92. The first-order chi connectivity index (χ1) is 23.4. The Kier molecular flexibility index (Phi) is 10.8. The Balaban J connectivity index is 1.25. The maximum Gasteiger partial charge on any atom is 0.371 e. The van der Waals surface area contributed by atoms with E-state index in [1.807, 2.05) is 6.07 Å². The van der Waals surface area contributed by atoms with E-state index in [4.69, 9.17) is 19.0 Å². The topological polar surface area (TPSA) is 173 Å². The van der Waals surface area contributed by atoms with E-state index in [0.717, 1.165) is 30.2 Å². The van der Waals surface area contributed by atoms with Gasteiger partial charge in [0.15, 0.2) is 5.78 Å². The molecule has 0 spiro atoms. The van der Waals surface area contributed by atoms with E-state index >= 15 is 0 Å². The summed E-state index contributed by atoms with van der Waals surface area (Å²) in [6.07, 6.45) is 3.48. The number of amides is 1. The highest BCUT2D eigenvalue weighted by Crippen LogP contribution is 2.48. The first-order valence-electron chi connectivity index (χ1n) is 15.4. The Hall–Kier alpha value is -5.05. The summed E-state index contributed by atoms with van der Waals surface area (Å²) in [5.74, 6) is -3.76. The summed E-state index contributed by atoms with van der Waals surface area (Å²) < 4.78 is 58.5. The number of halogens is 1. The number of anilines is 1. The summed E-state index contributed by atoms with van der Waals surface area (Å²) in [4.78, 5) is 35.8. The maximum atomic E-state index is 13.7. The minimum atomic E-state index is -3.76. The van der Waals surface area contributed by atoms with E-state index in [9.17, 15) is 32.3 Å². The van der Waals surface area contributed by atoms with E-state index in [1.165, 1.54) is 47.8 Å². The lowest BCUT2D eigenvalue weighted by Gasteiger charge is -2.25. The first kappa shape index (κ1) is 35.3. The number of ketones is 1. The van der Waals surface area contributed by atoms with Crippen molar-refractivity contribution >= 4 is 44.3 Å². The highest BCUT2D eigenvalue weighted by Gasteiger charge is 2.33. The van der Waals surface area contributed by atoms with Crippen molar-refractivity contribution < 1.29 is 51.3 Å².